The van der Waals surface area contributed by atoms with Gasteiger partial charge < -0.3 is 19.1 Å². The summed E-state index contributed by atoms with van der Waals surface area (Å²) in [6.45, 7) is 4.04. The van der Waals surface area contributed by atoms with Gasteiger partial charge in [-0.25, -0.2) is 4.98 Å². The van der Waals surface area contributed by atoms with E-state index in [1.807, 2.05) is 40.7 Å². The number of ether oxygens (including phenoxy) is 1. The van der Waals surface area contributed by atoms with Crippen molar-refractivity contribution in [1.29, 1.82) is 0 Å². The van der Waals surface area contributed by atoms with Crippen LogP contribution in [0, 0.1) is 12.8 Å². The van der Waals surface area contributed by atoms with Crippen molar-refractivity contribution in [2.75, 3.05) is 27.2 Å². The molecule has 0 fully saturated rings. The molecular weight excluding hydrogens is 356 g/mol. The molecular formula is C21H26N4O3. The van der Waals surface area contributed by atoms with Gasteiger partial charge in [-0.15, -0.1) is 0 Å². The lowest BCUT2D eigenvalue weighted by molar-refractivity contribution is -0.137. The van der Waals surface area contributed by atoms with Gasteiger partial charge in [-0.3, -0.25) is 9.59 Å². The van der Waals surface area contributed by atoms with Crippen LogP contribution in [0.2, 0.25) is 0 Å². The third-order valence-corrected chi connectivity index (χ3v) is 5.58. The molecule has 2 amide bonds. The predicted octanol–water partition coefficient (Wildman–Crippen LogP) is 1.88. The van der Waals surface area contributed by atoms with Crippen LogP contribution in [0.3, 0.4) is 0 Å². The van der Waals surface area contributed by atoms with E-state index in [9.17, 15) is 9.59 Å². The Kier molecular flexibility index (Phi) is 4.83. The van der Waals surface area contributed by atoms with Crippen molar-refractivity contribution < 1.29 is 14.3 Å². The molecule has 2 aliphatic heterocycles. The lowest BCUT2D eigenvalue weighted by Gasteiger charge is -2.31. The van der Waals surface area contributed by atoms with Gasteiger partial charge in [0, 0.05) is 33.1 Å². The predicted molar refractivity (Wildman–Crippen MR) is 104 cm³/mol. The van der Waals surface area contributed by atoms with E-state index in [0.29, 0.717) is 44.8 Å². The first kappa shape index (κ1) is 18.5. The number of aryl methyl sites for hydroxylation is 1. The summed E-state index contributed by atoms with van der Waals surface area (Å²) in [6, 6.07) is 7.94. The van der Waals surface area contributed by atoms with Crippen LogP contribution in [-0.2, 0) is 24.3 Å². The smallest absolute Gasteiger partial charge is 0.271 e. The minimum atomic E-state index is -0.0888. The Labute approximate surface area is 164 Å². The third kappa shape index (κ3) is 3.25. The molecule has 0 spiro atoms. The van der Waals surface area contributed by atoms with Crippen LogP contribution in [0.25, 0.3) is 0 Å². The Morgan fingerprint density at radius 3 is 2.79 bits per heavy atom. The number of hydrogen-bond acceptors (Lipinski definition) is 4. The molecule has 28 heavy (non-hydrogen) atoms. The van der Waals surface area contributed by atoms with E-state index in [2.05, 4.69) is 4.98 Å². The summed E-state index contributed by atoms with van der Waals surface area (Å²) in [6.07, 6.45) is 1.41. The number of carbonyl (C=O) groups excluding carboxylic acids is 2. The molecule has 1 aromatic carbocycles. The second kappa shape index (κ2) is 7.30. The van der Waals surface area contributed by atoms with Crippen molar-refractivity contribution in [3.05, 3.63) is 47.0 Å². The Morgan fingerprint density at radius 1 is 1.21 bits per heavy atom. The van der Waals surface area contributed by atoms with Gasteiger partial charge in [0.05, 0.1) is 18.8 Å². The molecule has 7 nitrogen and oxygen atoms in total. The number of fused-ring (bicyclic) bond motifs is 2. The molecule has 4 rings (SSSR count). The Bertz CT molecular complexity index is 918. The molecule has 1 aromatic heterocycles. The summed E-state index contributed by atoms with van der Waals surface area (Å²) < 4.78 is 7.78. The molecule has 2 aliphatic rings. The summed E-state index contributed by atoms with van der Waals surface area (Å²) in [5.74, 6) is 1.68. The quantitative estimate of drug-likeness (QED) is 0.795. The summed E-state index contributed by atoms with van der Waals surface area (Å²) in [7, 11) is 3.48. The summed E-state index contributed by atoms with van der Waals surface area (Å²) >= 11 is 0. The molecule has 7 heteroatoms. The average Bonchev–Trinajstić information content (AvgIpc) is 2.86. The number of benzene rings is 1. The van der Waals surface area contributed by atoms with Crippen LogP contribution in [0.5, 0.6) is 5.75 Å². The highest BCUT2D eigenvalue weighted by Gasteiger charge is 2.32. The lowest BCUT2D eigenvalue weighted by Crippen LogP contribution is -2.43. The van der Waals surface area contributed by atoms with E-state index in [0.717, 1.165) is 22.8 Å². The fourth-order valence-electron chi connectivity index (χ4n) is 4.09. The van der Waals surface area contributed by atoms with Crippen LogP contribution in [-0.4, -0.2) is 58.4 Å². The molecule has 148 valence electrons. The highest BCUT2D eigenvalue weighted by atomic mass is 16.5. The number of imidazole rings is 1. The largest absolute Gasteiger partial charge is 0.493 e. The Hall–Kier alpha value is -2.83. The van der Waals surface area contributed by atoms with Crippen LogP contribution in [0.1, 0.15) is 34.0 Å². The first-order chi connectivity index (χ1) is 13.5. The van der Waals surface area contributed by atoms with Gasteiger partial charge in [-0.2, -0.15) is 0 Å². The number of rotatable bonds is 2. The molecule has 0 aliphatic carbocycles. The van der Waals surface area contributed by atoms with Crippen LogP contribution in [0.4, 0.5) is 0 Å². The second-order valence-corrected chi connectivity index (χ2v) is 7.72. The summed E-state index contributed by atoms with van der Waals surface area (Å²) in [5.41, 5.74) is 2.44. The number of nitrogens with zero attached hydrogens (tertiary/aromatic N) is 4. The molecule has 0 saturated carbocycles. The van der Waals surface area contributed by atoms with Gasteiger partial charge in [0.1, 0.15) is 17.3 Å². The van der Waals surface area contributed by atoms with Gasteiger partial charge >= 0.3 is 0 Å². The van der Waals surface area contributed by atoms with Crippen molar-refractivity contribution >= 4 is 11.8 Å². The SMILES string of the molecule is Cc1nc2n(c1C(=O)N(C)C)CCN(C(=O)C1CCOc3ccccc3C1)C2. The number of aromatic nitrogens is 2. The van der Waals surface area contributed by atoms with E-state index in [-0.39, 0.29) is 17.7 Å². The fraction of sp³-hybridized carbons (Fsp3) is 0.476. The molecule has 0 bridgehead atoms. The van der Waals surface area contributed by atoms with Gasteiger partial charge in [-0.1, -0.05) is 18.2 Å². The van der Waals surface area contributed by atoms with Crippen LogP contribution >= 0.6 is 0 Å². The summed E-state index contributed by atoms with van der Waals surface area (Å²) in [5, 5.41) is 0. The molecule has 0 N–H and O–H groups in total. The number of hydrogen-bond donors (Lipinski definition) is 0. The van der Waals surface area contributed by atoms with Gasteiger partial charge in [-0.05, 0) is 31.4 Å². The minimum Gasteiger partial charge on any atom is -0.493 e. The zero-order chi connectivity index (χ0) is 19.8. The monoisotopic (exact) mass is 382 g/mol. The number of carbonyl (C=O) groups is 2. The van der Waals surface area contributed by atoms with E-state index in [1.165, 1.54) is 0 Å². The lowest BCUT2D eigenvalue weighted by atomic mass is 9.95. The van der Waals surface area contributed by atoms with Crippen molar-refractivity contribution in [3.63, 3.8) is 0 Å². The van der Waals surface area contributed by atoms with E-state index in [4.69, 9.17) is 4.74 Å². The fourth-order valence-corrected chi connectivity index (χ4v) is 4.09. The first-order valence-electron chi connectivity index (χ1n) is 9.73. The van der Waals surface area contributed by atoms with Crippen molar-refractivity contribution in [2.45, 2.75) is 32.9 Å². The van der Waals surface area contributed by atoms with Gasteiger partial charge in [0.2, 0.25) is 5.91 Å². The topological polar surface area (TPSA) is 67.7 Å². The second-order valence-electron chi connectivity index (χ2n) is 7.72. The van der Waals surface area contributed by atoms with Crippen LogP contribution in [0.15, 0.2) is 24.3 Å². The maximum absolute atomic E-state index is 13.2. The highest BCUT2D eigenvalue weighted by Crippen LogP contribution is 2.29. The zero-order valence-corrected chi connectivity index (χ0v) is 16.6. The molecule has 1 atom stereocenters. The van der Waals surface area contributed by atoms with Crippen molar-refractivity contribution in [1.82, 2.24) is 19.4 Å². The van der Waals surface area contributed by atoms with E-state index < -0.39 is 0 Å². The zero-order valence-electron chi connectivity index (χ0n) is 16.6. The minimum absolute atomic E-state index is 0.0476. The molecule has 3 heterocycles. The van der Waals surface area contributed by atoms with Crippen molar-refractivity contribution in [3.8, 4) is 5.75 Å². The van der Waals surface area contributed by atoms with Crippen LogP contribution < -0.4 is 4.74 Å². The Morgan fingerprint density at radius 2 is 2.00 bits per heavy atom. The standard InChI is InChI=1S/C21H26N4O3/c1-14-19(21(27)23(2)3)25-10-9-24(13-18(25)22-14)20(26)16-8-11-28-17-7-5-4-6-15(17)12-16/h4-7,16H,8-13H2,1-3H3. The maximum Gasteiger partial charge on any atom is 0.271 e. The van der Waals surface area contributed by atoms with Gasteiger partial charge in [0.15, 0.2) is 0 Å². The average molecular weight is 382 g/mol. The highest BCUT2D eigenvalue weighted by molar-refractivity contribution is 5.93. The molecule has 1 unspecified atom stereocenters. The number of para-hydroxylation sites is 1. The molecule has 0 saturated heterocycles. The normalized spacial score (nSPS) is 18.5. The maximum atomic E-state index is 13.2. The molecule has 2 aromatic rings. The third-order valence-electron chi connectivity index (χ3n) is 5.58. The number of amides is 2. The molecule has 0 radical (unpaired) electrons. The summed E-state index contributed by atoms with van der Waals surface area (Å²) in [4.78, 5) is 33.7. The Balaban J connectivity index is 1.53. The van der Waals surface area contributed by atoms with E-state index >= 15 is 0 Å². The van der Waals surface area contributed by atoms with Crippen molar-refractivity contribution in [2.24, 2.45) is 5.92 Å². The first-order valence-corrected chi connectivity index (χ1v) is 9.73. The van der Waals surface area contributed by atoms with Gasteiger partial charge in [0.25, 0.3) is 5.91 Å². The van der Waals surface area contributed by atoms with E-state index in [1.54, 1.807) is 19.0 Å².